The van der Waals surface area contributed by atoms with Crippen molar-refractivity contribution < 1.29 is 24.3 Å². The van der Waals surface area contributed by atoms with Gasteiger partial charge in [0.05, 0.1) is 0 Å². The molecule has 0 amide bonds. The van der Waals surface area contributed by atoms with E-state index < -0.39 is 0 Å². The van der Waals surface area contributed by atoms with E-state index in [1.165, 1.54) is 0 Å². The molecule has 0 saturated carbocycles. The maximum Gasteiger partial charge on any atom is 0.281 e. The summed E-state index contributed by atoms with van der Waals surface area (Å²) in [5.74, 6) is 0. The Balaban J connectivity index is -0.0000000843. The van der Waals surface area contributed by atoms with Gasteiger partial charge in [-0.05, 0) is 34.0 Å². The van der Waals surface area contributed by atoms with Crippen molar-refractivity contribution in [2.24, 2.45) is 0 Å². The number of carbonyl (C=O) groups excluding carboxylic acids is 1. The molecule has 0 aliphatic carbocycles. The third-order valence-electron chi connectivity index (χ3n) is 3.58. The molecule has 0 fully saturated rings. The first-order valence-electron chi connectivity index (χ1n) is 8.68. The molecule has 2 radical (unpaired) electrons. The zero-order chi connectivity index (χ0) is 18.6. The fraction of sp³-hybridized carbons (Fsp3) is 0.947. The smallest absolute Gasteiger partial charge is 0.281 e. The Labute approximate surface area is 176 Å². The van der Waals surface area contributed by atoms with Crippen molar-refractivity contribution in [2.75, 3.05) is 0 Å². The van der Waals surface area contributed by atoms with Crippen molar-refractivity contribution in [2.45, 2.75) is 117 Å². The Bertz CT molecular complexity index is 185. The van der Waals surface area contributed by atoms with Gasteiger partial charge in [-0.15, -0.1) is 12.4 Å². The molecule has 0 aliphatic rings. The van der Waals surface area contributed by atoms with Crippen molar-refractivity contribution in [3.63, 3.8) is 0 Å². The summed E-state index contributed by atoms with van der Waals surface area (Å²) < 4.78 is 0. The summed E-state index contributed by atoms with van der Waals surface area (Å²) in [7, 11) is 0.525. The molecule has 0 N–H and O–H groups in total. The molecule has 5 heteroatoms. The van der Waals surface area contributed by atoms with Crippen LogP contribution in [0.1, 0.15) is 83.1 Å². The van der Waals surface area contributed by atoms with E-state index in [0.717, 1.165) is 34.0 Å². The monoisotopic (exact) mass is 486 g/mol. The first kappa shape index (κ1) is 36.4. The normalized spacial score (nSPS) is 10.7. The molecule has 150 valence electrons. The van der Waals surface area contributed by atoms with Crippen LogP contribution in [0.25, 0.3) is 0 Å². The predicted molar refractivity (Wildman–Crippen MR) is 118 cm³/mol. The van der Waals surface area contributed by atoms with Gasteiger partial charge < -0.3 is 0 Å². The van der Waals surface area contributed by atoms with Crippen LogP contribution in [-0.2, 0) is 24.3 Å². The first-order valence-corrected chi connectivity index (χ1v) is 11.8. The van der Waals surface area contributed by atoms with Gasteiger partial charge >= 0.3 is 0 Å². The first-order chi connectivity index (χ1) is 9.93. The van der Waals surface area contributed by atoms with Crippen LogP contribution in [0.4, 0.5) is 0 Å². The van der Waals surface area contributed by atoms with Crippen molar-refractivity contribution in [3.8, 4) is 0 Å². The molecule has 0 bridgehead atoms. The van der Waals surface area contributed by atoms with Gasteiger partial charge in [0.1, 0.15) is 0 Å². The second-order valence-corrected chi connectivity index (χ2v) is 15.4. The summed E-state index contributed by atoms with van der Waals surface area (Å²) in [4.78, 5) is 7.50. The molecular formula is C19H43ClOP2Ru. The van der Waals surface area contributed by atoms with Crippen LogP contribution in [0.2, 0.25) is 0 Å². The summed E-state index contributed by atoms with van der Waals surface area (Å²) >= 11 is 0. The van der Waals surface area contributed by atoms with Crippen molar-refractivity contribution >= 4 is 35.0 Å². The molecule has 0 spiro atoms. The molecule has 0 saturated heterocycles. The summed E-state index contributed by atoms with van der Waals surface area (Å²) in [5, 5.41) is 0. The molecule has 24 heavy (non-hydrogen) atoms. The van der Waals surface area contributed by atoms with Gasteiger partial charge in [-0.3, -0.25) is 4.79 Å². The molecule has 0 atom stereocenters. The van der Waals surface area contributed by atoms with Crippen molar-refractivity contribution in [1.29, 1.82) is 0 Å². The van der Waals surface area contributed by atoms with Gasteiger partial charge in [0.25, 0.3) is 6.79 Å². The zero-order valence-electron chi connectivity index (χ0n) is 18.0. The number of rotatable bonds is 6. The van der Waals surface area contributed by atoms with E-state index in [9.17, 15) is 0 Å². The molecular weight excluding hydrogens is 443 g/mol. The van der Waals surface area contributed by atoms with Crippen LogP contribution >= 0.6 is 28.3 Å². The number of hydrogen-bond donors (Lipinski definition) is 0. The number of halogens is 1. The Morgan fingerprint density at radius 2 is 0.542 bits per heavy atom. The summed E-state index contributed by atoms with van der Waals surface area (Å²) in [6, 6.07) is 0. The minimum atomic E-state index is 0. The van der Waals surface area contributed by atoms with E-state index in [0.29, 0.717) is 0 Å². The third-order valence-corrected chi connectivity index (χ3v) is 10.7. The summed E-state index contributed by atoms with van der Waals surface area (Å²) in [6.45, 7) is 32.7. The minimum Gasteiger partial charge on any atom is -0.281 e. The molecule has 0 aromatic carbocycles. The average Bonchev–Trinajstić information content (AvgIpc) is 2.28. The molecule has 0 aromatic heterocycles. The van der Waals surface area contributed by atoms with Crippen LogP contribution in [0.3, 0.4) is 0 Å². The van der Waals surface area contributed by atoms with E-state index in [-0.39, 0.29) is 47.7 Å². The maximum atomic E-state index is 7.50. The van der Waals surface area contributed by atoms with Crippen LogP contribution in [0.5, 0.6) is 0 Å². The van der Waals surface area contributed by atoms with E-state index in [1.807, 2.05) is 0 Å². The average molecular weight is 486 g/mol. The minimum absolute atomic E-state index is 0. The topological polar surface area (TPSA) is 17.1 Å². The molecule has 0 aliphatic heterocycles. The number of hydrogen-bond acceptors (Lipinski definition) is 1. The standard InChI is InChI=1S/2C9H21P.CO.ClH.Ru/c2*1-7(2)10(8(3)4)9(5)6;1-2;;/h2*7-9H,1-6H3;;1H;. The second kappa shape index (κ2) is 20.8. The van der Waals surface area contributed by atoms with Gasteiger partial charge in [-0.25, -0.2) is 0 Å². The van der Waals surface area contributed by atoms with Gasteiger partial charge in [-0.1, -0.05) is 98.9 Å². The van der Waals surface area contributed by atoms with E-state index in [4.69, 9.17) is 4.79 Å². The maximum absolute atomic E-state index is 7.50. The molecule has 0 rings (SSSR count). The Morgan fingerprint density at radius 1 is 0.458 bits per heavy atom. The zero-order valence-corrected chi connectivity index (χ0v) is 22.4. The quantitative estimate of drug-likeness (QED) is 0.283. The fourth-order valence-corrected chi connectivity index (χ4v) is 10.7. The largest absolute Gasteiger partial charge is 0.281 e. The second-order valence-electron chi connectivity index (χ2n) is 7.46. The van der Waals surface area contributed by atoms with Gasteiger partial charge in [0.15, 0.2) is 0 Å². The predicted octanol–water partition coefficient (Wildman–Crippen LogP) is 7.41. The van der Waals surface area contributed by atoms with E-state index in [1.54, 1.807) is 0 Å². The van der Waals surface area contributed by atoms with Gasteiger partial charge in [-0.2, -0.15) is 0 Å². The van der Waals surface area contributed by atoms with Crippen molar-refractivity contribution in [3.05, 3.63) is 0 Å². The van der Waals surface area contributed by atoms with Crippen LogP contribution in [0, 0.1) is 0 Å². The van der Waals surface area contributed by atoms with Crippen molar-refractivity contribution in [1.82, 2.24) is 0 Å². The van der Waals surface area contributed by atoms with Gasteiger partial charge in [0, 0.05) is 19.5 Å². The van der Waals surface area contributed by atoms with Crippen LogP contribution < -0.4 is 0 Å². The summed E-state index contributed by atoms with van der Waals surface area (Å²) in [6.07, 6.45) is 0. The van der Waals surface area contributed by atoms with Gasteiger partial charge in [0.2, 0.25) is 0 Å². The Kier molecular flexibility index (Phi) is 31.5. The third kappa shape index (κ3) is 18.2. The molecule has 1 nitrogen and oxygen atoms in total. The van der Waals surface area contributed by atoms with E-state index in [2.05, 4.69) is 89.9 Å². The summed E-state index contributed by atoms with van der Waals surface area (Å²) in [5.41, 5.74) is 5.39. The Morgan fingerprint density at radius 3 is 0.542 bits per heavy atom. The molecule has 0 unspecified atom stereocenters. The van der Waals surface area contributed by atoms with Crippen LogP contribution in [0.15, 0.2) is 0 Å². The Hall–Kier alpha value is 1.44. The fourth-order valence-electron chi connectivity index (χ4n) is 3.58. The van der Waals surface area contributed by atoms with Crippen LogP contribution in [-0.4, -0.2) is 40.7 Å². The van der Waals surface area contributed by atoms with E-state index >= 15 is 0 Å². The molecule has 0 aromatic rings. The SMILES string of the molecule is CC(C)P(C(C)C)C(C)C.CC(C)P(C(C)C)C(C)C.Cl.[C]=O.[Ru]. The molecule has 0 heterocycles.